The van der Waals surface area contributed by atoms with Gasteiger partial charge < -0.3 is 10.3 Å². The fraction of sp³-hybridized carbons (Fsp3) is 0.375. The molecule has 1 unspecified atom stereocenters. The molecule has 1 amide bonds. The molecule has 21 heavy (non-hydrogen) atoms. The number of hydrogen-bond donors (Lipinski definition) is 2. The summed E-state index contributed by atoms with van der Waals surface area (Å²) in [6.45, 7) is 6.22. The number of nitrogens with two attached hydrogens (primary N) is 1. The summed E-state index contributed by atoms with van der Waals surface area (Å²) in [5.41, 5.74) is 4.50. The first-order valence-electron chi connectivity index (χ1n) is 7.09. The van der Waals surface area contributed by atoms with E-state index in [2.05, 4.69) is 24.3 Å². The Bertz CT molecular complexity index is 654. The van der Waals surface area contributed by atoms with E-state index in [0.717, 1.165) is 10.9 Å². The van der Waals surface area contributed by atoms with E-state index in [4.69, 9.17) is 5.84 Å². The number of nitrogens with one attached hydrogen (secondary N) is 1. The Morgan fingerprint density at radius 1 is 1.29 bits per heavy atom. The molecule has 1 atom stereocenters. The largest absolute Gasteiger partial charge is 0.337 e. The van der Waals surface area contributed by atoms with Gasteiger partial charge in [0.15, 0.2) is 0 Å². The molecular formula is C16H22N4O. The van der Waals surface area contributed by atoms with Gasteiger partial charge in [0.05, 0.1) is 11.2 Å². The minimum atomic E-state index is -0.0987. The maximum Gasteiger partial charge on any atom is 0.272 e. The van der Waals surface area contributed by atoms with Gasteiger partial charge in [-0.25, -0.2) is 4.98 Å². The maximum absolute atomic E-state index is 12.6. The lowest BCUT2D eigenvalue weighted by atomic mass is 10.0. The summed E-state index contributed by atoms with van der Waals surface area (Å²) in [5, 5.41) is 0.899. The molecule has 5 nitrogen and oxygen atoms in total. The van der Waals surface area contributed by atoms with E-state index in [1.807, 2.05) is 31.2 Å². The molecule has 5 heteroatoms. The van der Waals surface area contributed by atoms with Crippen LogP contribution in [-0.4, -0.2) is 28.9 Å². The fourth-order valence-corrected chi connectivity index (χ4v) is 2.22. The molecule has 0 saturated heterocycles. The molecule has 2 aromatic rings. The van der Waals surface area contributed by atoms with Crippen LogP contribution in [0.1, 0.15) is 31.3 Å². The van der Waals surface area contributed by atoms with Gasteiger partial charge >= 0.3 is 0 Å². The molecule has 0 spiro atoms. The van der Waals surface area contributed by atoms with E-state index >= 15 is 0 Å². The number of fused-ring (bicyclic) bond motifs is 1. The minimum absolute atomic E-state index is 0.0987. The molecule has 0 bridgehead atoms. The topological polar surface area (TPSA) is 71.2 Å². The summed E-state index contributed by atoms with van der Waals surface area (Å²) in [4.78, 5) is 18.8. The number of hydrazine groups is 1. The monoisotopic (exact) mass is 286 g/mol. The predicted octanol–water partition coefficient (Wildman–Crippen LogP) is 2.64. The van der Waals surface area contributed by atoms with Crippen LogP contribution < -0.4 is 11.3 Å². The summed E-state index contributed by atoms with van der Waals surface area (Å²) in [6.07, 6.45) is 0. The SMILES string of the molecule is CC(C)C(C)N(C)C(=O)c1cc(NN)c2ccccc2n1. The number of rotatable bonds is 4. The normalized spacial score (nSPS) is 12.5. The van der Waals surface area contributed by atoms with Gasteiger partial charge in [0.25, 0.3) is 5.91 Å². The van der Waals surface area contributed by atoms with Gasteiger partial charge in [-0.2, -0.15) is 0 Å². The summed E-state index contributed by atoms with van der Waals surface area (Å²) < 4.78 is 0. The molecule has 1 aromatic heterocycles. The van der Waals surface area contributed by atoms with Gasteiger partial charge in [-0.3, -0.25) is 10.6 Å². The summed E-state index contributed by atoms with van der Waals surface area (Å²) >= 11 is 0. The van der Waals surface area contributed by atoms with Crippen molar-refractivity contribution in [2.24, 2.45) is 11.8 Å². The standard InChI is InChI=1S/C16H22N4O/c1-10(2)11(3)20(4)16(21)15-9-14(19-17)12-7-5-6-8-13(12)18-15/h5-11H,17H2,1-4H3,(H,18,19). The Labute approximate surface area is 125 Å². The number of hydrogen-bond acceptors (Lipinski definition) is 4. The van der Waals surface area contributed by atoms with Crippen molar-refractivity contribution in [2.75, 3.05) is 12.5 Å². The van der Waals surface area contributed by atoms with Crippen LogP contribution in [0.2, 0.25) is 0 Å². The lowest BCUT2D eigenvalue weighted by Crippen LogP contribution is -2.38. The number of anilines is 1. The molecule has 3 N–H and O–H groups in total. The van der Waals surface area contributed by atoms with E-state index < -0.39 is 0 Å². The zero-order valence-electron chi connectivity index (χ0n) is 12.9. The van der Waals surface area contributed by atoms with Crippen molar-refractivity contribution in [3.8, 4) is 0 Å². The van der Waals surface area contributed by atoms with Crippen molar-refractivity contribution < 1.29 is 4.79 Å². The number of nitrogens with zero attached hydrogens (tertiary/aromatic N) is 2. The smallest absolute Gasteiger partial charge is 0.272 e. The molecule has 2 rings (SSSR count). The second-order valence-corrected chi connectivity index (χ2v) is 5.62. The van der Waals surface area contributed by atoms with E-state index in [9.17, 15) is 4.79 Å². The van der Waals surface area contributed by atoms with Crippen molar-refractivity contribution in [3.63, 3.8) is 0 Å². The average molecular weight is 286 g/mol. The van der Waals surface area contributed by atoms with Crippen LogP contribution >= 0.6 is 0 Å². The number of benzene rings is 1. The van der Waals surface area contributed by atoms with Crippen molar-refractivity contribution in [2.45, 2.75) is 26.8 Å². The van der Waals surface area contributed by atoms with Crippen molar-refractivity contribution in [3.05, 3.63) is 36.0 Å². The number of nitrogen functional groups attached to an aromatic ring is 1. The number of carbonyl (C=O) groups is 1. The zero-order valence-corrected chi connectivity index (χ0v) is 12.9. The second-order valence-electron chi connectivity index (χ2n) is 5.62. The fourth-order valence-electron chi connectivity index (χ4n) is 2.22. The number of aromatic nitrogens is 1. The van der Waals surface area contributed by atoms with E-state index in [0.29, 0.717) is 17.3 Å². The van der Waals surface area contributed by atoms with Crippen LogP contribution in [-0.2, 0) is 0 Å². The molecule has 0 saturated carbocycles. The number of pyridine rings is 1. The molecule has 1 aromatic carbocycles. The molecule has 1 heterocycles. The van der Waals surface area contributed by atoms with E-state index in [1.165, 1.54) is 0 Å². The molecule has 0 fully saturated rings. The Morgan fingerprint density at radius 3 is 2.57 bits per heavy atom. The number of para-hydroxylation sites is 1. The lowest BCUT2D eigenvalue weighted by Gasteiger charge is -2.27. The molecule has 0 aliphatic heterocycles. The highest BCUT2D eigenvalue weighted by Gasteiger charge is 2.21. The average Bonchev–Trinajstić information content (AvgIpc) is 2.51. The van der Waals surface area contributed by atoms with Crippen LogP contribution in [0.4, 0.5) is 5.69 Å². The van der Waals surface area contributed by atoms with Gasteiger partial charge in [0, 0.05) is 18.5 Å². The maximum atomic E-state index is 12.6. The highest BCUT2D eigenvalue weighted by atomic mass is 16.2. The minimum Gasteiger partial charge on any atom is -0.337 e. The van der Waals surface area contributed by atoms with Gasteiger partial charge in [0.1, 0.15) is 5.69 Å². The van der Waals surface area contributed by atoms with Crippen LogP contribution in [0.15, 0.2) is 30.3 Å². The second kappa shape index (κ2) is 6.10. The summed E-state index contributed by atoms with van der Waals surface area (Å²) in [6, 6.07) is 9.45. The van der Waals surface area contributed by atoms with Gasteiger partial charge in [-0.05, 0) is 25.0 Å². The van der Waals surface area contributed by atoms with Crippen molar-refractivity contribution in [1.82, 2.24) is 9.88 Å². The van der Waals surface area contributed by atoms with Crippen LogP contribution in [0.25, 0.3) is 10.9 Å². The summed E-state index contributed by atoms with van der Waals surface area (Å²) in [7, 11) is 1.80. The van der Waals surface area contributed by atoms with Crippen molar-refractivity contribution >= 4 is 22.5 Å². The third kappa shape index (κ3) is 2.97. The number of amides is 1. The van der Waals surface area contributed by atoms with Crippen molar-refractivity contribution in [1.29, 1.82) is 0 Å². The third-order valence-corrected chi connectivity index (χ3v) is 3.99. The first kappa shape index (κ1) is 15.3. The highest BCUT2D eigenvalue weighted by molar-refractivity contribution is 5.99. The Kier molecular flexibility index (Phi) is 4.43. The first-order chi connectivity index (χ1) is 9.95. The molecule has 0 aliphatic rings. The lowest BCUT2D eigenvalue weighted by molar-refractivity contribution is 0.0701. The summed E-state index contributed by atoms with van der Waals surface area (Å²) in [5.74, 6) is 5.85. The van der Waals surface area contributed by atoms with Gasteiger partial charge in [0.2, 0.25) is 0 Å². The molecule has 0 radical (unpaired) electrons. The van der Waals surface area contributed by atoms with Crippen LogP contribution in [0.5, 0.6) is 0 Å². The highest BCUT2D eigenvalue weighted by Crippen LogP contribution is 2.23. The van der Waals surface area contributed by atoms with E-state index in [-0.39, 0.29) is 11.9 Å². The predicted molar refractivity (Wildman–Crippen MR) is 85.9 cm³/mol. The van der Waals surface area contributed by atoms with E-state index in [1.54, 1.807) is 18.0 Å². The van der Waals surface area contributed by atoms with Gasteiger partial charge in [-0.1, -0.05) is 32.0 Å². The molecule has 112 valence electrons. The van der Waals surface area contributed by atoms with Crippen LogP contribution in [0, 0.1) is 5.92 Å². The third-order valence-electron chi connectivity index (χ3n) is 3.99. The quantitative estimate of drug-likeness (QED) is 0.669. The Morgan fingerprint density at radius 2 is 1.95 bits per heavy atom. The molecule has 0 aliphatic carbocycles. The van der Waals surface area contributed by atoms with Gasteiger partial charge in [-0.15, -0.1) is 0 Å². The molecular weight excluding hydrogens is 264 g/mol. The first-order valence-corrected chi connectivity index (χ1v) is 7.09. The Balaban J connectivity index is 2.44. The van der Waals surface area contributed by atoms with Crippen LogP contribution in [0.3, 0.4) is 0 Å². The zero-order chi connectivity index (χ0) is 15.6. The number of carbonyl (C=O) groups excluding carboxylic acids is 1. The Hall–Kier alpha value is -2.14.